The number of hydrogen-bond donors (Lipinski definition) is 4. The second-order valence-corrected chi connectivity index (χ2v) is 23.1. The number of aliphatic imine (C=N–C) groups is 2. The Kier molecular flexibility index (Phi) is 22.8. The fraction of sp³-hybridized carbons (Fsp3) is 0.446. The third kappa shape index (κ3) is 14.9. The summed E-state index contributed by atoms with van der Waals surface area (Å²) in [6, 6.07) is 6.53. The van der Waals surface area contributed by atoms with Gasteiger partial charge in [0.2, 0.25) is 0 Å². The van der Waals surface area contributed by atoms with Crippen molar-refractivity contribution in [1.29, 1.82) is 0 Å². The first-order valence-corrected chi connectivity index (χ1v) is 30.5. The van der Waals surface area contributed by atoms with Crippen molar-refractivity contribution in [2.24, 2.45) is 9.98 Å². The zero-order chi connectivity index (χ0) is 59.6. The van der Waals surface area contributed by atoms with E-state index in [-0.39, 0.29) is 78.8 Å². The van der Waals surface area contributed by atoms with Crippen molar-refractivity contribution in [2.45, 2.75) is 96.1 Å². The monoisotopic (exact) mass is 1300 g/mol. The van der Waals surface area contributed by atoms with E-state index in [1.54, 1.807) is 65.4 Å². The van der Waals surface area contributed by atoms with Crippen molar-refractivity contribution in [3.8, 4) is 0 Å². The number of urea groups is 2. The van der Waals surface area contributed by atoms with Gasteiger partial charge in [0.15, 0.2) is 21.7 Å². The highest BCUT2D eigenvalue weighted by atomic mass is 79.9. The SMILES string of the molecule is CCOC(=O)C1=C(CBr)NC(c2nccs2)=N[C@H]1c1cccc(F)c1Cl.CCOC(=O)C1=C(CN2CCN3C(=O)N([C@H](C)CC(=O)O)C[C@@H]3C2)NC(c2nccs2)=N[C@H]1c1cccc(F)c1Cl.C[C@H](CC(=O)O)N1C[C@@H]2CCCCN2C1=O.[CH3-]. The maximum absolute atomic E-state index is 14.5. The number of fused-ring (bicyclic) bond motifs is 2. The molecule has 0 aliphatic carbocycles. The summed E-state index contributed by atoms with van der Waals surface area (Å²) in [5, 5.41) is 29.4. The van der Waals surface area contributed by atoms with Crippen molar-refractivity contribution in [1.82, 2.24) is 45.1 Å². The Labute approximate surface area is 511 Å². The summed E-state index contributed by atoms with van der Waals surface area (Å²) in [5.41, 5.74) is 2.34. The van der Waals surface area contributed by atoms with E-state index in [4.69, 9.17) is 42.8 Å². The lowest BCUT2D eigenvalue weighted by molar-refractivity contribution is -0.139. The Morgan fingerprint density at radius 1 is 0.714 bits per heavy atom. The zero-order valence-corrected chi connectivity index (χ0v) is 51.5. The summed E-state index contributed by atoms with van der Waals surface area (Å²) in [4.78, 5) is 100.0. The Balaban J connectivity index is 0.000000200. The lowest BCUT2D eigenvalue weighted by Gasteiger charge is -2.38. The predicted octanol–water partition coefficient (Wildman–Crippen LogP) is 8.96. The lowest BCUT2D eigenvalue weighted by Crippen LogP contribution is -2.53. The van der Waals surface area contributed by atoms with E-state index in [0.29, 0.717) is 94.8 Å². The third-order valence-electron chi connectivity index (χ3n) is 14.6. The van der Waals surface area contributed by atoms with E-state index in [2.05, 4.69) is 46.4 Å². The van der Waals surface area contributed by atoms with Crippen LogP contribution in [0.15, 0.2) is 92.1 Å². The molecule has 6 aliphatic heterocycles. The van der Waals surface area contributed by atoms with E-state index >= 15 is 0 Å². The summed E-state index contributed by atoms with van der Waals surface area (Å²) in [5.74, 6) is -3.19. The van der Waals surface area contributed by atoms with E-state index in [0.717, 1.165) is 19.4 Å². The molecule has 4 N–H and O–H groups in total. The number of thiazole rings is 2. The Morgan fingerprint density at radius 2 is 1.19 bits per heavy atom. The molecule has 4 fully saturated rings. The van der Waals surface area contributed by atoms with Gasteiger partial charge in [0, 0.05) is 109 Å². The number of aliphatic carboxylic acids is 2. The van der Waals surface area contributed by atoms with Crippen LogP contribution in [0, 0.1) is 19.1 Å². The molecule has 6 atom stereocenters. The average molecular weight is 1310 g/mol. The fourth-order valence-electron chi connectivity index (χ4n) is 10.7. The van der Waals surface area contributed by atoms with Crippen LogP contribution in [0.3, 0.4) is 0 Å². The number of piperidine rings is 1. The van der Waals surface area contributed by atoms with Gasteiger partial charge in [-0.3, -0.25) is 24.5 Å². The number of hydrogen-bond acceptors (Lipinski definition) is 17. The molecule has 4 saturated heterocycles. The van der Waals surface area contributed by atoms with E-state index < -0.39 is 53.6 Å². The van der Waals surface area contributed by atoms with Gasteiger partial charge in [-0.1, -0.05) is 63.4 Å². The molecule has 21 nitrogen and oxygen atoms in total. The topological polar surface area (TPSA) is 252 Å². The minimum absolute atomic E-state index is 0. The van der Waals surface area contributed by atoms with Crippen LogP contribution in [0.2, 0.25) is 10.0 Å². The zero-order valence-electron chi connectivity index (χ0n) is 46.7. The van der Waals surface area contributed by atoms with Gasteiger partial charge in [-0.2, -0.15) is 0 Å². The molecule has 2 aromatic heterocycles. The number of carboxylic acid groups (broad SMARTS) is 2. The lowest BCUT2D eigenvalue weighted by atomic mass is 9.95. The van der Waals surface area contributed by atoms with E-state index in [1.165, 1.54) is 53.4 Å². The number of halogens is 5. The number of carbonyl (C=O) groups is 6. The van der Waals surface area contributed by atoms with Crippen LogP contribution < -0.4 is 10.6 Å². The number of amides is 4. The summed E-state index contributed by atoms with van der Waals surface area (Å²) >= 11 is 18.7. The number of aromatic nitrogens is 2. The number of carbonyl (C=O) groups excluding carboxylic acids is 4. The number of allylic oxidation sites excluding steroid dienone is 1. The predicted molar refractivity (Wildman–Crippen MR) is 318 cm³/mol. The molecule has 0 unspecified atom stereocenters. The Bertz CT molecular complexity index is 3190. The molecule has 0 radical (unpaired) electrons. The molecule has 452 valence electrons. The second-order valence-electron chi connectivity index (χ2n) is 20.0. The fourth-order valence-corrected chi connectivity index (χ4v) is 12.7. The molecule has 0 saturated carbocycles. The van der Waals surface area contributed by atoms with Crippen LogP contribution in [0.4, 0.5) is 18.4 Å². The summed E-state index contributed by atoms with van der Waals surface area (Å²) in [7, 11) is 0. The maximum Gasteiger partial charge on any atom is 0.338 e. The molecule has 8 heterocycles. The molecule has 84 heavy (non-hydrogen) atoms. The van der Waals surface area contributed by atoms with Crippen LogP contribution >= 0.6 is 61.8 Å². The van der Waals surface area contributed by atoms with Crippen molar-refractivity contribution in [3.05, 3.63) is 132 Å². The summed E-state index contributed by atoms with van der Waals surface area (Å²) < 4.78 is 39.2. The largest absolute Gasteiger partial charge is 0.481 e. The molecule has 28 heteroatoms. The molecular formula is C56H65BrCl2F2N11O10S2-. The van der Waals surface area contributed by atoms with Gasteiger partial charge in [0.1, 0.15) is 23.7 Å². The number of nitrogens with one attached hydrogen (secondary N) is 2. The van der Waals surface area contributed by atoms with Crippen LogP contribution in [0.5, 0.6) is 0 Å². The number of benzene rings is 2. The molecule has 2 aromatic carbocycles. The highest BCUT2D eigenvalue weighted by Crippen LogP contribution is 2.40. The number of alkyl halides is 1. The van der Waals surface area contributed by atoms with Crippen LogP contribution in [0.1, 0.15) is 93.0 Å². The molecule has 4 aromatic rings. The number of esters is 2. The molecule has 4 amide bonds. The number of ether oxygens (including phenoxy) is 2. The Hall–Kier alpha value is -6.58. The van der Waals surface area contributed by atoms with Gasteiger partial charge in [-0.05, 0) is 59.1 Å². The van der Waals surface area contributed by atoms with Crippen LogP contribution in [-0.4, -0.2) is 181 Å². The maximum atomic E-state index is 14.5. The van der Waals surface area contributed by atoms with Gasteiger partial charge in [0.25, 0.3) is 0 Å². The smallest absolute Gasteiger partial charge is 0.338 e. The number of carboxylic acids is 2. The standard InChI is InChI=1S/C27H30ClFN6O5S.C17H14BrClFN3O2S.C11H18N2O3.CH3/c1-3-40-26(38)21-19(14-33-8-9-34-16(12-33)13-35(27(34)39)15(2)11-20(36)37)31-24(25-30-7-10-41-25)32-23(21)17-5-4-6-18(29)22(17)28;1-2-25-17(24)12-11(8-18)22-15(16-21-6-7-26-16)23-14(12)9-4-3-5-10(20)13(9)19;1-8(6-10(14)15)13-7-9-4-2-3-5-12(9)11(13)16;/h4-7,10,15-16,23H,3,8-9,11-14H2,1-2H3,(H,31,32)(H,36,37);3-7,14H,2,8H2,1H3,(H,22,23);8-9H,2-7H2,1H3,(H,14,15);1H3/q;;;-1/t15-,16+,23+;14-;8-,9+;/m101./s1. The molecule has 6 aliphatic rings. The highest BCUT2D eigenvalue weighted by Gasteiger charge is 2.44. The van der Waals surface area contributed by atoms with Gasteiger partial charge >= 0.3 is 35.9 Å². The van der Waals surface area contributed by atoms with Gasteiger partial charge < -0.3 is 57.3 Å². The number of rotatable bonds is 17. The Morgan fingerprint density at radius 3 is 1.64 bits per heavy atom. The van der Waals surface area contributed by atoms with Gasteiger partial charge in [0.05, 0.1) is 59.3 Å². The molecule has 0 bridgehead atoms. The van der Waals surface area contributed by atoms with E-state index in [9.17, 15) is 42.7 Å². The van der Waals surface area contributed by atoms with Crippen molar-refractivity contribution < 1.29 is 57.2 Å². The normalized spacial score (nSPS) is 21.0. The van der Waals surface area contributed by atoms with Gasteiger partial charge in [-0.15, -0.1) is 22.7 Å². The number of piperazine rings is 1. The van der Waals surface area contributed by atoms with Crippen LogP contribution in [-0.2, 0) is 28.7 Å². The summed E-state index contributed by atoms with van der Waals surface area (Å²) in [6.07, 6.45) is 6.52. The second kappa shape index (κ2) is 29.5. The van der Waals surface area contributed by atoms with Crippen LogP contribution in [0.25, 0.3) is 0 Å². The van der Waals surface area contributed by atoms with Gasteiger partial charge in [-0.25, -0.2) is 37.9 Å². The van der Waals surface area contributed by atoms with Crippen molar-refractivity contribution in [3.63, 3.8) is 0 Å². The molecule has 10 rings (SSSR count). The number of nitrogens with zero attached hydrogens (tertiary/aromatic N) is 9. The minimum Gasteiger partial charge on any atom is -0.481 e. The van der Waals surface area contributed by atoms with Crippen molar-refractivity contribution >= 4 is 109 Å². The van der Waals surface area contributed by atoms with Crippen molar-refractivity contribution in [2.75, 3.05) is 64.4 Å². The summed E-state index contributed by atoms with van der Waals surface area (Å²) in [6.45, 7) is 11.1. The van der Waals surface area contributed by atoms with E-state index in [1.807, 2.05) is 17.2 Å². The third-order valence-corrected chi connectivity index (χ3v) is 17.5. The highest BCUT2D eigenvalue weighted by molar-refractivity contribution is 9.09. The first-order valence-electron chi connectivity index (χ1n) is 26.9. The molecule has 0 spiro atoms. The number of amidine groups is 2. The first-order chi connectivity index (χ1) is 39.8. The quantitative estimate of drug-likeness (QED) is 0.0437. The first kappa shape index (κ1) is 65.0. The average Bonchev–Trinajstić information content (AvgIpc) is 4.50. The molecular weight excluding hydrogens is 1240 g/mol. The minimum atomic E-state index is -0.954.